The lowest BCUT2D eigenvalue weighted by molar-refractivity contribution is -0.143. The van der Waals surface area contributed by atoms with Gasteiger partial charge in [0, 0.05) is 6.54 Å². The third kappa shape index (κ3) is 2.14. The molecule has 4 nitrogen and oxygen atoms in total. The summed E-state index contributed by atoms with van der Waals surface area (Å²) in [7, 11) is 0. The van der Waals surface area contributed by atoms with E-state index in [-0.39, 0.29) is 17.9 Å². The van der Waals surface area contributed by atoms with Crippen LogP contribution in [0.25, 0.3) is 0 Å². The summed E-state index contributed by atoms with van der Waals surface area (Å²) in [4.78, 5) is 25.8. The zero-order valence-corrected chi connectivity index (χ0v) is 11.5. The molecule has 6 heteroatoms. The number of fused-ring (bicyclic) bond motifs is 1. The van der Waals surface area contributed by atoms with E-state index in [1.165, 1.54) is 0 Å². The molecule has 2 fully saturated rings. The maximum atomic E-state index is 12.1. The van der Waals surface area contributed by atoms with Gasteiger partial charge in [0.1, 0.15) is 6.04 Å². The standard InChI is InChI=1S/C13H12Cl2N2O2/c14-8-4-3-7(6-9(8)15)11-13(19)16-12(18)10-2-1-5-17(10)11/h3-4,6,10-11H,1-2,5H2,(H,16,18,19)/t10-,11-/m0/s1. The van der Waals surface area contributed by atoms with Crippen molar-refractivity contribution in [1.29, 1.82) is 0 Å². The number of rotatable bonds is 1. The Bertz CT molecular complexity index is 562. The van der Waals surface area contributed by atoms with Crippen molar-refractivity contribution in [3.8, 4) is 0 Å². The monoisotopic (exact) mass is 298 g/mol. The number of piperazine rings is 1. The number of carbonyl (C=O) groups excluding carboxylic acids is 2. The molecule has 1 aromatic rings. The summed E-state index contributed by atoms with van der Waals surface area (Å²) < 4.78 is 0. The molecule has 0 unspecified atom stereocenters. The number of halogens is 2. The molecule has 100 valence electrons. The van der Waals surface area contributed by atoms with Gasteiger partial charge in [-0.15, -0.1) is 0 Å². The summed E-state index contributed by atoms with van der Waals surface area (Å²) in [6, 6.07) is 4.48. The van der Waals surface area contributed by atoms with Crippen LogP contribution in [0, 0.1) is 0 Å². The maximum absolute atomic E-state index is 12.1. The zero-order valence-electron chi connectivity index (χ0n) is 10.0. The van der Waals surface area contributed by atoms with E-state index in [0.717, 1.165) is 24.9 Å². The van der Waals surface area contributed by atoms with E-state index in [0.29, 0.717) is 10.0 Å². The summed E-state index contributed by atoms with van der Waals surface area (Å²) >= 11 is 11.9. The summed E-state index contributed by atoms with van der Waals surface area (Å²) in [6.45, 7) is 0.745. The predicted octanol–water partition coefficient (Wildman–Crippen LogP) is 2.16. The summed E-state index contributed by atoms with van der Waals surface area (Å²) in [5, 5.41) is 3.31. The van der Waals surface area contributed by atoms with Crippen LogP contribution in [0.15, 0.2) is 18.2 Å². The molecule has 2 aliphatic rings. The highest BCUT2D eigenvalue weighted by atomic mass is 35.5. The van der Waals surface area contributed by atoms with Crippen LogP contribution in [0.2, 0.25) is 10.0 Å². The van der Waals surface area contributed by atoms with Crippen LogP contribution in [0.3, 0.4) is 0 Å². The van der Waals surface area contributed by atoms with Crippen molar-refractivity contribution in [2.24, 2.45) is 0 Å². The van der Waals surface area contributed by atoms with Gasteiger partial charge in [0.25, 0.3) is 0 Å². The predicted molar refractivity (Wildman–Crippen MR) is 72.1 cm³/mol. The highest BCUT2D eigenvalue weighted by molar-refractivity contribution is 6.42. The van der Waals surface area contributed by atoms with E-state index in [2.05, 4.69) is 5.32 Å². The van der Waals surface area contributed by atoms with Gasteiger partial charge in [0.2, 0.25) is 11.8 Å². The highest BCUT2D eigenvalue weighted by Gasteiger charge is 2.44. The maximum Gasteiger partial charge on any atom is 0.248 e. The summed E-state index contributed by atoms with van der Waals surface area (Å²) in [5.41, 5.74) is 0.770. The first kappa shape index (κ1) is 12.9. The fourth-order valence-corrected chi connectivity index (χ4v) is 3.14. The number of benzene rings is 1. The fourth-order valence-electron chi connectivity index (χ4n) is 2.83. The second kappa shape index (κ2) is 4.78. The lowest BCUT2D eigenvalue weighted by Crippen LogP contribution is -2.56. The number of nitrogens with zero attached hydrogens (tertiary/aromatic N) is 1. The third-order valence-corrected chi connectivity index (χ3v) is 4.42. The van der Waals surface area contributed by atoms with Crippen molar-refractivity contribution < 1.29 is 9.59 Å². The molecule has 1 N–H and O–H groups in total. The number of hydrogen-bond donors (Lipinski definition) is 1. The van der Waals surface area contributed by atoms with E-state index in [1.807, 2.05) is 4.90 Å². The van der Waals surface area contributed by atoms with E-state index in [1.54, 1.807) is 18.2 Å². The first-order valence-corrected chi connectivity index (χ1v) is 6.89. The van der Waals surface area contributed by atoms with E-state index in [4.69, 9.17) is 23.2 Å². The Balaban J connectivity index is 1.99. The molecule has 0 radical (unpaired) electrons. The van der Waals surface area contributed by atoms with Gasteiger partial charge in [-0.1, -0.05) is 29.3 Å². The molecule has 0 bridgehead atoms. The van der Waals surface area contributed by atoms with Crippen LogP contribution >= 0.6 is 23.2 Å². The first-order valence-electron chi connectivity index (χ1n) is 6.13. The van der Waals surface area contributed by atoms with Gasteiger partial charge in [0.15, 0.2) is 0 Å². The molecule has 19 heavy (non-hydrogen) atoms. The first-order chi connectivity index (χ1) is 9.08. The molecule has 2 heterocycles. The van der Waals surface area contributed by atoms with E-state index >= 15 is 0 Å². The average Bonchev–Trinajstić information content (AvgIpc) is 2.83. The van der Waals surface area contributed by atoms with Gasteiger partial charge in [-0.25, -0.2) is 0 Å². The molecule has 2 aliphatic heterocycles. The quantitative estimate of drug-likeness (QED) is 0.808. The van der Waals surface area contributed by atoms with Gasteiger partial charge >= 0.3 is 0 Å². The Hall–Kier alpha value is -1.10. The third-order valence-electron chi connectivity index (χ3n) is 3.68. The molecule has 0 aromatic heterocycles. The number of nitrogens with one attached hydrogen (secondary N) is 1. The van der Waals surface area contributed by atoms with Gasteiger partial charge < -0.3 is 0 Å². The van der Waals surface area contributed by atoms with Crippen molar-refractivity contribution in [1.82, 2.24) is 10.2 Å². The molecule has 3 rings (SSSR count). The minimum Gasteiger partial charge on any atom is -0.293 e. The minimum atomic E-state index is -0.458. The molecule has 2 amide bonds. The number of carbonyl (C=O) groups is 2. The molecule has 2 saturated heterocycles. The molecule has 2 atom stereocenters. The molecule has 0 saturated carbocycles. The molecular formula is C13H12Cl2N2O2. The number of imide groups is 1. The van der Waals surface area contributed by atoms with Gasteiger partial charge in [-0.3, -0.25) is 19.8 Å². The Kier molecular flexibility index (Phi) is 3.25. The Morgan fingerprint density at radius 2 is 1.95 bits per heavy atom. The topological polar surface area (TPSA) is 49.4 Å². The van der Waals surface area contributed by atoms with Gasteiger partial charge in [-0.05, 0) is 30.5 Å². The average molecular weight is 299 g/mol. The molecule has 1 aromatic carbocycles. The largest absolute Gasteiger partial charge is 0.293 e. The second-order valence-electron chi connectivity index (χ2n) is 4.83. The Morgan fingerprint density at radius 3 is 2.68 bits per heavy atom. The van der Waals surface area contributed by atoms with Crippen molar-refractivity contribution in [3.63, 3.8) is 0 Å². The second-order valence-corrected chi connectivity index (χ2v) is 5.64. The normalized spacial score (nSPS) is 27.3. The Labute approximate surface area is 120 Å². The van der Waals surface area contributed by atoms with Crippen molar-refractivity contribution in [3.05, 3.63) is 33.8 Å². The van der Waals surface area contributed by atoms with Crippen LogP contribution in [0.1, 0.15) is 24.4 Å². The minimum absolute atomic E-state index is 0.196. The van der Waals surface area contributed by atoms with Crippen LogP contribution < -0.4 is 5.32 Å². The lowest BCUT2D eigenvalue weighted by atomic mass is 10.00. The van der Waals surface area contributed by atoms with Crippen LogP contribution in [0.5, 0.6) is 0 Å². The van der Waals surface area contributed by atoms with Crippen molar-refractivity contribution >= 4 is 35.0 Å². The molecule has 0 spiro atoms. The van der Waals surface area contributed by atoms with Gasteiger partial charge in [0.05, 0.1) is 16.1 Å². The van der Waals surface area contributed by atoms with E-state index in [9.17, 15) is 9.59 Å². The SMILES string of the molecule is O=C1NC(=O)[C@@H]2CCCN2[C@H]1c1ccc(Cl)c(Cl)c1. The van der Waals surface area contributed by atoms with Crippen molar-refractivity contribution in [2.45, 2.75) is 24.9 Å². The lowest BCUT2D eigenvalue weighted by Gasteiger charge is -2.35. The Morgan fingerprint density at radius 1 is 1.16 bits per heavy atom. The zero-order chi connectivity index (χ0) is 13.6. The van der Waals surface area contributed by atoms with Crippen LogP contribution in [0.4, 0.5) is 0 Å². The smallest absolute Gasteiger partial charge is 0.248 e. The molecule has 0 aliphatic carbocycles. The fraction of sp³-hybridized carbons (Fsp3) is 0.385. The van der Waals surface area contributed by atoms with Gasteiger partial charge in [-0.2, -0.15) is 0 Å². The van der Waals surface area contributed by atoms with Crippen LogP contribution in [-0.4, -0.2) is 29.3 Å². The highest BCUT2D eigenvalue weighted by Crippen LogP contribution is 2.35. The number of hydrogen-bond acceptors (Lipinski definition) is 3. The van der Waals surface area contributed by atoms with Crippen molar-refractivity contribution in [2.75, 3.05) is 6.54 Å². The summed E-state index contributed by atoms with van der Waals surface area (Å²) in [5.74, 6) is -0.486. The molecular weight excluding hydrogens is 287 g/mol. The summed E-state index contributed by atoms with van der Waals surface area (Å²) in [6.07, 6.45) is 1.71. The van der Waals surface area contributed by atoms with Crippen LogP contribution in [-0.2, 0) is 9.59 Å². The number of amides is 2. The van der Waals surface area contributed by atoms with E-state index < -0.39 is 6.04 Å².